The van der Waals surface area contributed by atoms with Crippen molar-refractivity contribution in [2.75, 3.05) is 30.8 Å². The van der Waals surface area contributed by atoms with Gasteiger partial charge in [-0.05, 0) is 24.3 Å². The first-order valence-corrected chi connectivity index (χ1v) is 4.56. The summed E-state index contributed by atoms with van der Waals surface area (Å²) in [5.74, 6) is 0. The van der Waals surface area contributed by atoms with Crippen LogP contribution >= 0.6 is 12.4 Å². The Bertz CT molecular complexity index is 352. The molecule has 1 fully saturated rings. The first-order valence-electron chi connectivity index (χ1n) is 4.56. The molecular formula is C10H14ClN3O. The molecule has 0 radical (unpaired) electrons. The van der Waals surface area contributed by atoms with Crippen LogP contribution in [0.1, 0.15) is 0 Å². The van der Waals surface area contributed by atoms with Crippen LogP contribution in [0, 0.1) is 0 Å². The average Bonchev–Trinajstić information content (AvgIpc) is 2.50. The molecule has 1 aliphatic rings. The molecule has 0 saturated carbocycles. The third-order valence-corrected chi connectivity index (χ3v) is 2.42. The number of nitrogens with two attached hydrogens (primary N) is 1. The molecule has 1 aromatic rings. The monoisotopic (exact) mass is 227 g/mol. The Morgan fingerprint density at radius 2 is 1.80 bits per heavy atom. The van der Waals surface area contributed by atoms with Gasteiger partial charge in [0.15, 0.2) is 0 Å². The lowest BCUT2D eigenvalue weighted by Crippen LogP contribution is -2.29. The Balaban J connectivity index is 0.00000112. The number of nitrogen functional groups attached to an aromatic ring is 1. The van der Waals surface area contributed by atoms with Crippen molar-refractivity contribution in [2.24, 2.45) is 0 Å². The molecule has 0 atom stereocenters. The van der Waals surface area contributed by atoms with Crippen molar-refractivity contribution in [1.29, 1.82) is 0 Å². The van der Waals surface area contributed by atoms with Crippen molar-refractivity contribution in [3.63, 3.8) is 0 Å². The smallest absolute Gasteiger partial charge is 0.324 e. The molecule has 1 saturated heterocycles. The van der Waals surface area contributed by atoms with E-state index in [2.05, 4.69) is 0 Å². The Morgan fingerprint density at radius 3 is 2.27 bits per heavy atom. The zero-order chi connectivity index (χ0) is 10.1. The molecule has 4 nitrogen and oxygen atoms in total. The van der Waals surface area contributed by atoms with Gasteiger partial charge in [0.05, 0.1) is 0 Å². The zero-order valence-corrected chi connectivity index (χ0v) is 9.33. The summed E-state index contributed by atoms with van der Waals surface area (Å²) in [6.45, 7) is 1.53. The minimum Gasteiger partial charge on any atom is -0.399 e. The number of hydrogen-bond acceptors (Lipinski definition) is 2. The summed E-state index contributed by atoms with van der Waals surface area (Å²) < 4.78 is 0. The Morgan fingerprint density at radius 1 is 1.20 bits per heavy atom. The van der Waals surface area contributed by atoms with Crippen molar-refractivity contribution >= 4 is 29.8 Å². The van der Waals surface area contributed by atoms with Crippen molar-refractivity contribution in [3.8, 4) is 0 Å². The highest BCUT2D eigenvalue weighted by Crippen LogP contribution is 2.20. The summed E-state index contributed by atoms with van der Waals surface area (Å²) >= 11 is 0. The second kappa shape index (κ2) is 4.40. The number of nitrogens with zero attached hydrogens (tertiary/aromatic N) is 2. The molecule has 5 heteroatoms. The minimum atomic E-state index is 0. The van der Waals surface area contributed by atoms with Crippen LogP contribution in [0.15, 0.2) is 24.3 Å². The minimum absolute atomic E-state index is 0. The quantitative estimate of drug-likeness (QED) is 0.741. The molecule has 1 aliphatic heterocycles. The maximum atomic E-state index is 11.6. The second-order valence-electron chi connectivity index (χ2n) is 3.45. The Labute approximate surface area is 95.1 Å². The Hall–Kier alpha value is -1.42. The molecule has 2 N–H and O–H groups in total. The number of hydrogen-bond donors (Lipinski definition) is 1. The van der Waals surface area contributed by atoms with E-state index in [0.717, 1.165) is 18.8 Å². The number of likely N-dealkylation sites (N-methyl/N-ethyl adjacent to an activating group) is 1. The van der Waals surface area contributed by atoms with E-state index in [1.165, 1.54) is 0 Å². The maximum absolute atomic E-state index is 11.6. The van der Waals surface area contributed by atoms with Crippen LogP contribution in [0.2, 0.25) is 0 Å². The summed E-state index contributed by atoms with van der Waals surface area (Å²) in [6, 6.07) is 7.40. The maximum Gasteiger partial charge on any atom is 0.324 e. The SMILES string of the molecule is CN1CCN(c2ccc(N)cc2)C1=O.Cl. The summed E-state index contributed by atoms with van der Waals surface area (Å²) in [7, 11) is 1.81. The van der Waals surface area contributed by atoms with Gasteiger partial charge < -0.3 is 10.6 Å². The molecule has 2 rings (SSSR count). The highest BCUT2D eigenvalue weighted by Gasteiger charge is 2.26. The number of benzene rings is 1. The molecule has 1 aromatic carbocycles. The molecular weight excluding hydrogens is 214 g/mol. The molecule has 0 bridgehead atoms. The van der Waals surface area contributed by atoms with Gasteiger partial charge in [-0.1, -0.05) is 0 Å². The van der Waals surface area contributed by atoms with Gasteiger partial charge in [-0.3, -0.25) is 4.90 Å². The number of amides is 2. The van der Waals surface area contributed by atoms with Gasteiger partial charge in [0.2, 0.25) is 0 Å². The van der Waals surface area contributed by atoms with Crippen LogP contribution in [-0.2, 0) is 0 Å². The predicted molar refractivity (Wildman–Crippen MR) is 63.5 cm³/mol. The number of urea groups is 1. The van der Waals surface area contributed by atoms with Crippen LogP contribution < -0.4 is 10.6 Å². The molecule has 82 valence electrons. The molecule has 2 amide bonds. The van der Waals surface area contributed by atoms with E-state index < -0.39 is 0 Å². The Kier molecular flexibility index (Phi) is 3.42. The molecule has 0 aromatic heterocycles. The van der Waals surface area contributed by atoms with E-state index in [9.17, 15) is 4.79 Å². The topological polar surface area (TPSA) is 49.6 Å². The largest absolute Gasteiger partial charge is 0.399 e. The zero-order valence-electron chi connectivity index (χ0n) is 8.51. The molecule has 1 heterocycles. The fourth-order valence-electron chi connectivity index (χ4n) is 1.54. The van der Waals surface area contributed by atoms with Crippen LogP contribution in [-0.4, -0.2) is 31.1 Å². The van der Waals surface area contributed by atoms with Gasteiger partial charge >= 0.3 is 6.03 Å². The summed E-state index contributed by atoms with van der Waals surface area (Å²) in [4.78, 5) is 15.1. The number of carbonyl (C=O) groups excluding carboxylic acids is 1. The van der Waals surface area contributed by atoms with E-state index in [-0.39, 0.29) is 18.4 Å². The third kappa shape index (κ3) is 2.15. The van der Waals surface area contributed by atoms with Crippen molar-refractivity contribution in [3.05, 3.63) is 24.3 Å². The molecule has 0 aliphatic carbocycles. The normalized spacial score (nSPS) is 15.4. The lowest BCUT2D eigenvalue weighted by Gasteiger charge is -2.15. The summed E-state index contributed by atoms with van der Waals surface area (Å²) in [5.41, 5.74) is 7.20. The lowest BCUT2D eigenvalue weighted by molar-refractivity contribution is 0.229. The summed E-state index contributed by atoms with van der Waals surface area (Å²) in [6.07, 6.45) is 0. The van der Waals surface area contributed by atoms with Gasteiger partial charge in [0, 0.05) is 31.5 Å². The van der Waals surface area contributed by atoms with Crippen LogP contribution in [0.4, 0.5) is 16.2 Å². The van der Waals surface area contributed by atoms with Gasteiger partial charge in [-0.2, -0.15) is 0 Å². The van der Waals surface area contributed by atoms with Crippen LogP contribution in [0.25, 0.3) is 0 Å². The van der Waals surface area contributed by atoms with Gasteiger partial charge in [-0.25, -0.2) is 4.79 Å². The van der Waals surface area contributed by atoms with Crippen molar-refractivity contribution < 1.29 is 4.79 Å². The standard InChI is InChI=1S/C10H13N3O.ClH/c1-12-6-7-13(10(12)14)9-4-2-8(11)3-5-9;/h2-5H,6-7,11H2,1H3;1H. The molecule has 0 spiro atoms. The third-order valence-electron chi connectivity index (χ3n) is 2.42. The fraction of sp³-hybridized carbons (Fsp3) is 0.300. The fourth-order valence-corrected chi connectivity index (χ4v) is 1.54. The van der Waals surface area contributed by atoms with Crippen LogP contribution in [0.5, 0.6) is 0 Å². The van der Waals surface area contributed by atoms with E-state index in [4.69, 9.17) is 5.73 Å². The van der Waals surface area contributed by atoms with Crippen molar-refractivity contribution in [1.82, 2.24) is 4.90 Å². The second-order valence-corrected chi connectivity index (χ2v) is 3.45. The first-order chi connectivity index (χ1) is 6.68. The molecule has 15 heavy (non-hydrogen) atoms. The highest BCUT2D eigenvalue weighted by molar-refractivity contribution is 5.94. The number of rotatable bonds is 1. The van der Waals surface area contributed by atoms with E-state index in [1.54, 1.807) is 29.0 Å². The van der Waals surface area contributed by atoms with Crippen LogP contribution in [0.3, 0.4) is 0 Å². The first kappa shape index (κ1) is 11.7. The highest BCUT2D eigenvalue weighted by atomic mass is 35.5. The van der Waals surface area contributed by atoms with Crippen molar-refractivity contribution in [2.45, 2.75) is 0 Å². The summed E-state index contributed by atoms with van der Waals surface area (Å²) in [5, 5.41) is 0. The van der Waals surface area contributed by atoms with Gasteiger partial charge in [0.25, 0.3) is 0 Å². The lowest BCUT2D eigenvalue weighted by atomic mass is 10.2. The van der Waals surface area contributed by atoms with Gasteiger partial charge in [0.1, 0.15) is 0 Å². The van der Waals surface area contributed by atoms with E-state index in [1.807, 2.05) is 12.1 Å². The number of carbonyl (C=O) groups is 1. The predicted octanol–water partition coefficient (Wildman–Crippen LogP) is 1.56. The van der Waals surface area contributed by atoms with Gasteiger partial charge in [-0.15, -0.1) is 12.4 Å². The molecule has 0 unspecified atom stereocenters. The average molecular weight is 228 g/mol. The van der Waals surface area contributed by atoms with E-state index >= 15 is 0 Å². The van der Waals surface area contributed by atoms with E-state index in [0.29, 0.717) is 5.69 Å². The number of halogens is 1. The number of anilines is 2.